The highest BCUT2D eigenvalue weighted by molar-refractivity contribution is 5.23. The van der Waals surface area contributed by atoms with Gasteiger partial charge in [-0.3, -0.25) is 0 Å². The molecule has 0 saturated heterocycles. The van der Waals surface area contributed by atoms with Gasteiger partial charge >= 0.3 is 0 Å². The summed E-state index contributed by atoms with van der Waals surface area (Å²) in [7, 11) is 1.94. The molecule has 0 aliphatic heterocycles. The van der Waals surface area contributed by atoms with E-state index in [1.54, 1.807) is 12.1 Å². The fourth-order valence-corrected chi connectivity index (χ4v) is 3.37. The lowest BCUT2D eigenvalue weighted by Crippen LogP contribution is -2.46. The van der Waals surface area contributed by atoms with Crippen LogP contribution in [0.15, 0.2) is 24.3 Å². The van der Waals surface area contributed by atoms with E-state index in [9.17, 15) is 4.39 Å². The van der Waals surface area contributed by atoms with Crippen LogP contribution in [0.2, 0.25) is 0 Å². The third-order valence-electron chi connectivity index (χ3n) is 4.13. The van der Waals surface area contributed by atoms with Crippen molar-refractivity contribution < 1.29 is 9.13 Å². The molecule has 0 radical (unpaired) electrons. The van der Waals surface area contributed by atoms with Crippen molar-refractivity contribution >= 4 is 0 Å². The van der Waals surface area contributed by atoms with Crippen LogP contribution in [0.25, 0.3) is 0 Å². The quantitative estimate of drug-likeness (QED) is 0.873. The minimum Gasteiger partial charge on any atom is -0.373 e. The van der Waals surface area contributed by atoms with Gasteiger partial charge in [-0.05, 0) is 44.5 Å². The molecule has 1 saturated carbocycles. The number of likely N-dealkylation sites (N-methyl/N-ethyl adjacent to an activating group) is 1. The summed E-state index contributed by atoms with van der Waals surface area (Å²) in [5, 5.41) is 3.35. The zero-order chi connectivity index (χ0) is 13.7. The number of ether oxygens (including phenoxy) is 1. The second kappa shape index (κ2) is 6.49. The van der Waals surface area contributed by atoms with Gasteiger partial charge in [0.1, 0.15) is 5.82 Å². The first kappa shape index (κ1) is 14.5. The molecule has 106 valence electrons. The summed E-state index contributed by atoms with van der Waals surface area (Å²) in [5.41, 5.74) is 0.799. The standard InChI is InChI=1S/C16H24FNO/c1-3-19-16(10-5-4-6-11-16)15(18-2)13-8-7-9-14(17)12-13/h7-9,12,15,18H,3-6,10-11H2,1-2H3. The summed E-state index contributed by atoms with van der Waals surface area (Å²) >= 11 is 0. The Kier molecular flexibility index (Phi) is 4.94. The van der Waals surface area contributed by atoms with Crippen LogP contribution < -0.4 is 5.32 Å². The molecule has 1 aliphatic carbocycles. The van der Waals surface area contributed by atoms with Crippen molar-refractivity contribution in [2.75, 3.05) is 13.7 Å². The van der Waals surface area contributed by atoms with E-state index in [1.807, 2.05) is 20.0 Å². The minimum atomic E-state index is -0.185. The normalized spacial score (nSPS) is 20.2. The van der Waals surface area contributed by atoms with Gasteiger partial charge in [-0.15, -0.1) is 0 Å². The zero-order valence-corrected chi connectivity index (χ0v) is 11.9. The lowest BCUT2D eigenvalue weighted by molar-refractivity contribution is -0.0898. The fraction of sp³-hybridized carbons (Fsp3) is 0.625. The predicted octanol–water partition coefficient (Wildman–Crippen LogP) is 3.83. The molecule has 2 nitrogen and oxygen atoms in total. The summed E-state index contributed by atoms with van der Waals surface area (Å²) in [6.07, 6.45) is 5.74. The summed E-state index contributed by atoms with van der Waals surface area (Å²) in [4.78, 5) is 0. The molecule has 3 heteroatoms. The van der Waals surface area contributed by atoms with Gasteiger partial charge in [-0.25, -0.2) is 4.39 Å². The molecule has 1 aromatic rings. The van der Waals surface area contributed by atoms with Crippen LogP contribution in [-0.2, 0) is 4.74 Å². The molecule has 0 bridgehead atoms. The highest BCUT2D eigenvalue weighted by Gasteiger charge is 2.40. The van der Waals surface area contributed by atoms with Gasteiger partial charge in [-0.2, -0.15) is 0 Å². The Labute approximate surface area is 115 Å². The number of nitrogens with one attached hydrogen (secondary N) is 1. The molecule has 1 N–H and O–H groups in total. The summed E-state index contributed by atoms with van der Waals surface area (Å²) in [6, 6.07) is 6.93. The summed E-state index contributed by atoms with van der Waals surface area (Å²) in [5.74, 6) is -0.180. The second-order valence-corrected chi connectivity index (χ2v) is 5.34. The molecule has 1 fully saturated rings. The van der Waals surface area contributed by atoms with Crippen molar-refractivity contribution in [3.05, 3.63) is 35.6 Å². The van der Waals surface area contributed by atoms with Crippen molar-refractivity contribution in [3.8, 4) is 0 Å². The molecule has 1 unspecified atom stereocenters. The average Bonchev–Trinajstić information content (AvgIpc) is 2.41. The van der Waals surface area contributed by atoms with Gasteiger partial charge < -0.3 is 10.1 Å². The fourth-order valence-electron chi connectivity index (χ4n) is 3.37. The lowest BCUT2D eigenvalue weighted by Gasteiger charge is -2.43. The summed E-state index contributed by atoms with van der Waals surface area (Å²) in [6.45, 7) is 2.74. The third-order valence-corrected chi connectivity index (χ3v) is 4.13. The van der Waals surface area contributed by atoms with Crippen molar-refractivity contribution in [3.63, 3.8) is 0 Å². The van der Waals surface area contributed by atoms with Crippen LogP contribution in [0.1, 0.15) is 50.6 Å². The van der Waals surface area contributed by atoms with Crippen LogP contribution in [0.4, 0.5) is 4.39 Å². The first-order valence-electron chi connectivity index (χ1n) is 7.28. The first-order chi connectivity index (χ1) is 9.22. The van der Waals surface area contributed by atoms with Gasteiger partial charge in [0.25, 0.3) is 0 Å². The van der Waals surface area contributed by atoms with Crippen LogP contribution in [0.3, 0.4) is 0 Å². The Hall–Kier alpha value is -0.930. The maximum atomic E-state index is 13.5. The van der Waals surface area contributed by atoms with Crippen molar-refractivity contribution in [1.82, 2.24) is 5.32 Å². The molecular weight excluding hydrogens is 241 g/mol. The SMILES string of the molecule is CCOC1(C(NC)c2cccc(F)c2)CCCCC1. The van der Waals surface area contributed by atoms with Crippen molar-refractivity contribution in [2.45, 2.75) is 50.7 Å². The Balaban J connectivity index is 2.31. The number of benzene rings is 1. The molecule has 1 aromatic carbocycles. The highest BCUT2D eigenvalue weighted by atomic mass is 19.1. The lowest BCUT2D eigenvalue weighted by atomic mass is 9.76. The third kappa shape index (κ3) is 3.15. The van der Waals surface area contributed by atoms with E-state index < -0.39 is 0 Å². The highest BCUT2D eigenvalue weighted by Crippen LogP contribution is 2.41. The van der Waals surface area contributed by atoms with Crippen LogP contribution in [0, 0.1) is 5.82 Å². The second-order valence-electron chi connectivity index (χ2n) is 5.34. The van der Waals surface area contributed by atoms with Gasteiger partial charge in [0.15, 0.2) is 0 Å². The van der Waals surface area contributed by atoms with E-state index in [2.05, 4.69) is 5.32 Å². The van der Waals surface area contributed by atoms with Gasteiger partial charge in [0.05, 0.1) is 11.6 Å². The van der Waals surface area contributed by atoms with E-state index in [0.717, 1.165) is 18.4 Å². The van der Waals surface area contributed by atoms with E-state index in [4.69, 9.17) is 4.74 Å². The van der Waals surface area contributed by atoms with E-state index in [0.29, 0.717) is 6.61 Å². The maximum Gasteiger partial charge on any atom is 0.123 e. The molecule has 2 rings (SSSR count). The molecular formula is C16H24FNO. The zero-order valence-electron chi connectivity index (χ0n) is 11.9. The van der Waals surface area contributed by atoms with Crippen molar-refractivity contribution in [1.29, 1.82) is 0 Å². The van der Waals surface area contributed by atoms with Gasteiger partial charge in [-0.1, -0.05) is 31.4 Å². The van der Waals surface area contributed by atoms with E-state index in [1.165, 1.54) is 25.3 Å². The number of hydrogen-bond acceptors (Lipinski definition) is 2. The smallest absolute Gasteiger partial charge is 0.123 e. The molecule has 1 aliphatic rings. The molecule has 0 aromatic heterocycles. The van der Waals surface area contributed by atoms with Crippen molar-refractivity contribution in [2.24, 2.45) is 0 Å². The van der Waals surface area contributed by atoms with Crippen LogP contribution in [0.5, 0.6) is 0 Å². The van der Waals surface area contributed by atoms with Crippen LogP contribution in [-0.4, -0.2) is 19.3 Å². The number of halogens is 1. The van der Waals surface area contributed by atoms with Gasteiger partial charge in [0.2, 0.25) is 0 Å². The van der Waals surface area contributed by atoms with E-state index >= 15 is 0 Å². The largest absolute Gasteiger partial charge is 0.373 e. The minimum absolute atomic E-state index is 0.0587. The Morgan fingerprint density at radius 3 is 2.63 bits per heavy atom. The number of rotatable bonds is 5. The molecule has 0 spiro atoms. The Bertz CT molecular complexity index is 396. The monoisotopic (exact) mass is 265 g/mol. The maximum absolute atomic E-state index is 13.5. The first-order valence-corrected chi connectivity index (χ1v) is 7.28. The molecule has 0 amide bonds. The predicted molar refractivity (Wildman–Crippen MR) is 75.6 cm³/mol. The molecule has 19 heavy (non-hydrogen) atoms. The van der Waals surface area contributed by atoms with Crippen LogP contribution >= 0.6 is 0 Å². The molecule has 1 atom stereocenters. The van der Waals surface area contributed by atoms with E-state index in [-0.39, 0.29) is 17.5 Å². The topological polar surface area (TPSA) is 21.3 Å². The molecule has 0 heterocycles. The summed E-state index contributed by atoms with van der Waals surface area (Å²) < 4.78 is 19.6. The number of hydrogen-bond donors (Lipinski definition) is 1. The van der Waals surface area contributed by atoms with Gasteiger partial charge in [0, 0.05) is 6.61 Å². The Morgan fingerprint density at radius 2 is 2.05 bits per heavy atom. The Morgan fingerprint density at radius 1 is 1.32 bits per heavy atom. The average molecular weight is 265 g/mol.